The van der Waals surface area contributed by atoms with Gasteiger partial charge in [-0.1, -0.05) is 36.4 Å². The van der Waals surface area contributed by atoms with Gasteiger partial charge in [0.1, 0.15) is 13.2 Å². The van der Waals surface area contributed by atoms with Crippen LogP contribution in [0, 0.1) is 0 Å². The van der Waals surface area contributed by atoms with Gasteiger partial charge in [0, 0.05) is 32.7 Å². The minimum Gasteiger partial charge on any atom is -0.486 e. The standard InChI is InChI=1S/C25H30N2O2/c1-2-8-21(22-9-4-3-7-20(22)6-1)12-13-26-14-16-27(17-15-26)23-10-5-11-24-25(23)29-19-18-28-24/h3-5,7-11H,1-2,6,12-19H2. The summed E-state index contributed by atoms with van der Waals surface area (Å²) in [5, 5.41) is 0. The number of hydrogen-bond donors (Lipinski definition) is 0. The minimum absolute atomic E-state index is 0.639. The highest BCUT2D eigenvalue weighted by molar-refractivity contribution is 5.69. The molecule has 0 spiro atoms. The Hall–Kier alpha value is -2.46. The fourth-order valence-corrected chi connectivity index (χ4v) is 4.77. The summed E-state index contributed by atoms with van der Waals surface area (Å²) in [6, 6.07) is 15.2. The number of para-hydroxylation sites is 1. The number of allylic oxidation sites excluding steroid dienone is 1. The van der Waals surface area contributed by atoms with Crippen LogP contribution < -0.4 is 14.4 Å². The summed E-state index contributed by atoms with van der Waals surface area (Å²) in [5.74, 6) is 1.81. The fraction of sp³-hybridized carbons (Fsp3) is 0.440. The van der Waals surface area contributed by atoms with Crippen LogP contribution in [-0.2, 0) is 6.42 Å². The van der Waals surface area contributed by atoms with Gasteiger partial charge in [-0.05, 0) is 54.5 Å². The van der Waals surface area contributed by atoms with E-state index >= 15 is 0 Å². The molecule has 4 nitrogen and oxygen atoms in total. The zero-order valence-electron chi connectivity index (χ0n) is 17.1. The predicted octanol–water partition coefficient (Wildman–Crippen LogP) is 4.39. The summed E-state index contributed by atoms with van der Waals surface area (Å²) in [4.78, 5) is 5.06. The Labute approximate surface area is 173 Å². The number of rotatable bonds is 4. The number of hydrogen-bond acceptors (Lipinski definition) is 4. The van der Waals surface area contributed by atoms with Crippen molar-refractivity contribution >= 4 is 11.3 Å². The average Bonchev–Trinajstić information content (AvgIpc) is 3.00. The van der Waals surface area contributed by atoms with Crippen molar-refractivity contribution in [2.45, 2.75) is 25.7 Å². The van der Waals surface area contributed by atoms with Crippen LogP contribution in [0.2, 0.25) is 0 Å². The maximum absolute atomic E-state index is 5.92. The highest BCUT2D eigenvalue weighted by Crippen LogP contribution is 2.39. The van der Waals surface area contributed by atoms with Crippen molar-refractivity contribution in [2.24, 2.45) is 0 Å². The van der Waals surface area contributed by atoms with E-state index in [0.29, 0.717) is 13.2 Å². The van der Waals surface area contributed by atoms with E-state index in [1.165, 1.54) is 36.1 Å². The summed E-state index contributed by atoms with van der Waals surface area (Å²) in [6.45, 7) is 6.69. The van der Waals surface area contributed by atoms with Gasteiger partial charge in [-0.2, -0.15) is 0 Å². The van der Waals surface area contributed by atoms with Gasteiger partial charge >= 0.3 is 0 Å². The van der Waals surface area contributed by atoms with E-state index < -0.39 is 0 Å². The first-order valence-electron chi connectivity index (χ1n) is 11.0. The van der Waals surface area contributed by atoms with E-state index in [1.54, 1.807) is 5.57 Å². The zero-order chi connectivity index (χ0) is 19.5. The Morgan fingerprint density at radius 3 is 2.66 bits per heavy atom. The van der Waals surface area contributed by atoms with Gasteiger partial charge < -0.3 is 14.4 Å². The Morgan fingerprint density at radius 2 is 1.72 bits per heavy atom. The summed E-state index contributed by atoms with van der Waals surface area (Å²) < 4.78 is 11.7. The van der Waals surface area contributed by atoms with Crippen molar-refractivity contribution in [3.05, 3.63) is 59.7 Å². The van der Waals surface area contributed by atoms with Crippen molar-refractivity contribution in [3.63, 3.8) is 0 Å². The smallest absolute Gasteiger partial charge is 0.184 e. The maximum Gasteiger partial charge on any atom is 0.184 e. The van der Waals surface area contributed by atoms with Gasteiger partial charge in [0.2, 0.25) is 0 Å². The summed E-state index contributed by atoms with van der Waals surface area (Å²) in [5.41, 5.74) is 5.74. The molecule has 29 heavy (non-hydrogen) atoms. The van der Waals surface area contributed by atoms with E-state index in [-0.39, 0.29) is 0 Å². The van der Waals surface area contributed by atoms with Crippen molar-refractivity contribution in [2.75, 3.05) is 50.8 Å². The van der Waals surface area contributed by atoms with Gasteiger partial charge in [0.05, 0.1) is 5.69 Å². The van der Waals surface area contributed by atoms with Crippen molar-refractivity contribution in [3.8, 4) is 11.5 Å². The molecule has 0 N–H and O–H groups in total. The molecule has 0 atom stereocenters. The molecule has 0 radical (unpaired) electrons. The molecule has 0 aromatic heterocycles. The molecule has 0 saturated carbocycles. The Bertz CT molecular complexity index is 884. The average molecular weight is 391 g/mol. The molecule has 0 bridgehead atoms. The summed E-state index contributed by atoms with van der Waals surface area (Å²) in [7, 11) is 0. The quantitative estimate of drug-likeness (QED) is 0.773. The molecule has 1 saturated heterocycles. The van der Waals surface area contributed by atoms with E-state index in [9.17, 15) is 0 Å². The predicted molar refractivity (Wildman–Crippen MR) is 118 cm³/mol. The van der Waals surface area contributed by atoms with Crippen LogP contribution in [0.25, 0.3) is 5.57 Å². The number of ether oxygens (including phenoxy) is 2. The highest BCUT2D eigenvalue weighted by Gasteiger charge is 2.23. The van der Waals surface area contributed by atoms with Crippen molar-refractivity contribution in [1.82, 2.24) is 4.90 Å². The second-order valence-corrected chi connectivity index (χ2v) is 8.16. The lowest BCUT2D eigenvalue weighted by molar-refractivity contribution is 0.171. The molecule has 4 heteroatoms. The number of piperazine rings is 1. The zero-order valence-corrected chi connectivity index (χ0v) is 17.1. The first kappa shape index (κ1) is 18.6. The topological polar surface area (TPSA) is 24.9 Å². The van der Waals surface area contributed by atoms with Crippen LogP contribution in [0.5, 0.6) is 11.5 Å². The highest BCUT2D eigenvalue weighted by atomic mass is 16.6. The molecular weight excluding hydrogens is 360 g/mol. The normalized spacial score (nSPS) is 19.3. The van der Waals surface area contributed by atoms with Crippen molar-refractivity contribution < 1.29 is 9.47 Å². The SMILES string of the molecule is C1=C(CCN2CCN(c3cccc4c3OCCO4)CC2)c2ccccc2CCC1. The number of nitrogens with zero attached hydrogens (tertiary/aromatic N) is 2. The molecule has 152 valence electrons. The van der Waals surface area contributed by atoms with Crippen LogP contribution in [0.15, 0.2) is 48.5 Å². The van der Waals surface area contributed by atoms with E-state index in [4.69, 9.17) is 9.47 Å². The van der Waals surface area contributed by atoms with Gasteiger partial charge in [0.15, 0.2) is 11.5 Å². The first-order chi connectivity index (χ1) is 14.4. The molecule has 0 unspecified atom stereocenters. The van der Waals surface area contributed by atoms with Crippen LogP contribution in [-0.4, -0.2) is 50.8 Å². The van der Waals surface area contributed by atoms with Crippen LogP contribution >= 0.6 is 0 Å². The number of benzene rings is 2. The van der Waals surface area contributed by atoms with Crippen LogP contribution in [0.1, 0.15) is 30.4 Å². The second-order valence-electron chi connectivity index (χ2n) is 8.16. The molecular formula is C25H30N2O2. The number of aryl methyl sites for hydroxylation is 1. The molecule has 2 aromatic rings. The largest absolute Gasteiger partial charge is 0.486 e. The lowest BCUT2D eigenvalue weighted by atomic mass is 9.97. The van der Waals surface area contributed by atoms with Crippen LogP contribution in [0.3, 0.4) is 0 Å². The molecule has 5 rings (SSSR count). The van der Waals surface area contributed by atoms with Crippen molar-refractivity contribution in [1.29, 1.82) is 0 Å². The van der Waals surface area contributed by atoms with E-state index in [2.05, 4.69) is 52.3 Å². The Kier molecular flexibility index (Phi) is 5.44. The Morgan fingerprint density at radius 1 is 0.862 bits per heavy atom. The fourth-order valence-electron chi connectivity index (χ4n) is 4.77. The second kappa shape index (κ2) is 8.50. The third-order valence-corrected chi connectivity index (χ3v) is 6.36. The minimum atomic E-state index is 0.639. The lowest BCUT2D eigenvalue weighted by Gasteiger charge is -2.37. The van der Waals surface area contributed by atoms with Gasteiger partial charge in [0.25, 0.3) is 0 Å². The number of anilines is 1. The number of fused-ring (bicyclic) bond motifs is 2. The molecule has 2 aliphatic heterocycles. The lowest BCUT2D eigenvalue weighted by Crippen LogP contribution is -2.46. The molecule has 3 aliphatic rings. The molecule has 1 fully saturated rings. The van der Waals surface area contributed by atoms with Gasteiger partial charge in [-0.25, -0.2) is 0 Å². The van der Waals surface area contributed by atoms with Gasteiger partial charge in [-0.15, -0.1) is 0 Å². The Balaban J connectivity index is 1.20. The molecule has 1 aliphatic carbocycles. The first-order valence-corrected chi connectivity index (χ1v) is 11.0. The molecule has 0 amide bonds. The van der Waals surface area contributed by atoms with Gasteiger partial charge in [-0.3, -0.25) is 4.90 Å². The third-order valence-electron chi connectivity index (χ3n) is 6.36. The maximum atomic E-state index is 5.92. The molecule has 2 aromatic carbocycles. The molecule has 2 heterocycles. The third kappa shape index (κ3) is 3.99. The monoisotopic (exact) mass is 390 g/mol. The summed E-state index contributed by atoms with van der Waals surface area (Å²) in [6.07, 6.45) is 7.32. The van der Waals surface area contributed by atoms with E-state index in [0.717, 1.165) is 50.6 Å². The van der Waals surface area contributed by atoms with Crippen LogP contribution in [0.4, 0.5) is 5.69 Å². The van der Waals surface area contributed by atoms with E-state index in [1.807, 2.05) is 6.07 Å². The summed E-state index contributed by atoms with van der Waals surface area (Å²) >= 11 is 0.